The van der Waals surface area contributed by atoms with Crippen molar-refractivity contribution in [1.29, 1.82) is 0 Å². The topological polar surface area (TPSA) is 76.4 Å². The van der Waals surface area contributed by atoms with Crippen molar-refractivity contribution in [2.45, 2.75) is 6.73 Å². The van der Waals surface area contributed by atoms with Gasteiger partial charge in [0, 0.05) is 16.2 Å². The van der Waals surface area contributed by atoms with Gasteiger partial charge in [-0.3, -0.25) is 4.79 Å². The number of aromatic nitrogens is 2. The summed E-state index contributed by atoms with van der Waals surface area (Å²) >= 11 is 15.1. The van der Waals surface area contributed by atoms with Crippen LogP contribution >= 0.6 is 39.1 Å². The normalized spacial score (nSPS) is 10.6. The quantitative estimate of drug-likeness (QED) is 0.532. The molecule has 2 N–H and O–H groups in total. The van der Waals surface area contributed by atoms with Gasteiger partial charge in [-0.05, 0) is 58.4 Å². The Balaban J connectivity index is 1.65. The number of ether oxygens (including phenoxy) is 1. The third kappa shape index (κ3) is 4.49. The van der Waals surface area contributed by atoms with Crippen LogP contribution in [0.25, 0.3) is 0 Å². The third-order valence-electron chi connectivity index (χ3n) is 3.33. The molecule has 2 aromatic carbocycles. The van der Waals surface area contributed by atoms with Crippen LogP contribution in [-0.2, 0) is 6.73 Å². The number of rotatable bonds is 5. The van der Waals surface area contributed by atoms with Crippen molar-refractivity contribution < 1.29 is 14.6 Å². The van der Waals surface area contributed by atoms with Gasteiger partial charge in [-0.2, -0.15) is 5.10 Å². The average Bonchev–Trinajstić information content (AvgIpc) is 3.06. The number of anilines is 1. The number of nitrogens with one attached hydrogen (secondary N) is 1. The van der Waals surface area contributed by atoms with Crippen LogP contribution in [0.4, 0.5) is 5.69 Å². The van der Waals surface area contributed by atoms with Crippen molar-refractivity contribution in [3.8, 4) is 11.5 Å². The lowest BCUT2D eigenvalue weighted by molar-refractivity contribution is 0.102. The first-order valence-corrected chi connectivity index (χ1v) is 8.88. The molecule has 0 unspecified atom stereocenters. The molecule has 0 aliphatic carbocycles. The van der Waals surface area contributed by atoms with Crippen molar-refractivity contribution in [3.05, 3.63) is 68.9 Å². The van der Waals surface area contributed by atoms with E-state index in [9.17, 15) is 9.90 Å². The number of phenols is 1. The van der Waals surface area contributed by atoms with E-state index in [1.807, 2.05) is 0 Å². The highest BCUT2D eigenvalue weighted by Gasteiger charge is 2.13. The molecule has 26 heavy (non-hydrogen) atoms. The summed E-state index contributed by atoms with van der Waals surface area (Å²) in [5.41, 5.74) is 0.376. The van der Waals surface area contributed by atoms with Gasteiger partial charge in [0.2, 0.25) is 0 Å². The summed E-state index contributed by atoms with van der Waals surface area (Å²) in [4.78, 5) is 12.3. The summed E-state index contributed by atoms with van der Waals surface area (Å²) in [7, 11) is 0. The summed E-state index contributed by atoms with van der Waals surface area (Å²) in [5, 5.41) is 17.4. The molecule has 9 heteroatoms. The summed E-state index contributed by atoms with van der Waals surface area (Å²) in [5.74, 6) is 0.0341. The smallest absolute Gasteiger partial charge is 0.276 e. The molecule has 0 saturated heterocycles. The summed E-state index contributed by atoms with van der Waals surface area (Å²) < 4.78 is 7.81. The Morgan fingerprint density at radius 1 is 1.19 bits per heavy atom. The second-order valence-corrected chi connectivity index (χ2v) is 6.93. The van der Waals surface area contributed by atoms with E-state index in [0.29, 0.717) is 20.3 Å². The fourth-order valence-corrected chi connectivity index (χ4v) is 3.05. The van der Waals surface area contributed by atoms with Gasteiger partial charge in [-0.15, -0.1) is 0 Å². The van der Waals surface area contributed by atoms with Gasteiger partial charge < -0.3 is 15.2 Å². The minimum Gasteiger partial charge on any atom is -0.506 e. The first-order valence-electron chi connectivity index (χ1n) is 7.33. The molecule has 0 fully saturated rings. The molecular weight excluding hydrogens is 445 g/mol. The predicted molar refractivity (Wildman–Crippen MR) is 103 cm³/mol. The maximum absolute atomic E-state index is 12.3. The molecule has 1 heterocycles. The zero-order valence-corrected chi connectivity index (χ0v) is 16.2. The second kappa shape index (κ2) is 7.99. The number of phenolic OH excluding ortho intramolecular Hbond substituents is 1. The first kappa shape index (κ1) is 18.6. The van der Waals surface area contributed by atoms with E-state index < -0.39 is 5.91 Å². The van der Waals surface area contributed by atoms with Crippen molar-refractivity contribution in [2.75, 3.05) is 5.32 Å². The highest BCUT2D eigenvalue weighted by atomic mass is 79.9. The predicted octanol–water partition coefficient (Wildman–Crippen LogP) is 4.95. The molecule has 0 atom stereocenters. The summed E-state index contributed by atoms with van der Waals surface area (Å²) in [6.07, 6.45) is 1.61. The Morgan fingerprint density at radius 3 is 2.69 bits per heavy atom. The summed E-state index contributed by atoms with van der Waals surface area (Å²) in [6.45, 7) is 0.107. The van der Waals surface area contributed by atoms with Gasteiger partial charge in [0.15, 0.2) is 12.4 Å². The Kier molecular flexibility index (Phi) is 5.70. The molecule has 6 nitrogen and oxygen atoms in total. The van der Waals surface area contributed by atoms with Gasteiger partial charge in [0.05, 0.1) is 10.2 Å². The zero-order valence-electron chi connectivity index (χ0n) is 13.1. The van der Waals surface area contributed by atoms with Crippen LogP contribution in [0.1, 0.15) is 10.5 Å². The number of carbonyl (C=O) groups is 1. The van der Waals surface area contributed by atoms with Gasteiger partial charge in [-0.1, -0.05) is 23.2 Å². The molecule has 0 spiro atoms. The average molecular weight is 457 g/mol. The lowest BCUT2D eigenvalue weighted by Crippen LogP contribution is -2.14. The van der Waals surface area contributed by atoms with Crippen molar-refractivity contribution in [3.63, 3.8) is 0 Å². The Hall–Kier alpha value is -2.22. The number of hydrogen-bond donors (Lipinski definition) is 2. The molecule has 0 radical (unpaired) electrons. The first-order chi connectivity index (χ1) is 12.4. The fourth-order valence-electron chi connectivity index (χ4n) is 2.08. The minimum absolute atomic E-state index is 0.0851. The molecule has 134 valence electrons. The third-order valence-corrected chi connectivity index (χ3v) is 4.42. The maximum Gasteiger partial charge on any atom is 0.276 e. The van der Waals surface area contributed by atoms with Crippen LogP contribution in [0.3, 0.4) is 0 Å². The number of amides is 1. The highest BCUT2D eigenvalue weighted by Crippen LogP contribution is 2.28. The van der Waals surface area contributed by atoms with E-state index in [2.05, 4.69) is 26.3 Å². The molecule has 1 aromatic heterocycles. The van der Waals surface area contributed by atoms with Crippen LogP contribution in [0, 0.1) is 0 Å². The van der Waals surface area contributed by atoms with E-state index in [0.717, 1.165) is 0 Å². The van der Waals surface area contributed by atoms with E-state index in [1.54, 1.807) is 24.4 Å². The van der Waals surface area contributed by atoms with Crippen LogP contribution < -0.4 is 10.1 Å². The fraction of sp³-hybridized carbons (Fsp3) is 0.0588. The van der Waals surface area contributed by atoms with Crippen molar-refractivity contribution in [2.24, 2.45) is 0 Å². The summed E-state index contributed by atoms with van der Waals surface area (Å²) in [6, 6.07) is 11.1. The number of halogens is 3. The number of carbonyl (C=O) groups excluding carboxylic acids is 1. The molecule has 3 aromatic rings. The van der Waals surface area contributed by atoms with E-state index in [4.69, 9.17) is 27.9 Å². The second-order valence-electron chi connectivity index (χ2n) is 5.20. The number of aromatic hydroxyl groups is 1. The SMILES string of the molecule is O=C(Nc1cc(Cl)ccc1O)c1ccn(COc2ccc(Cl)cc2Br)n1. The van der Waals surface area contributed by atoms with Crippen molar-refractivity contribution >= 4 is 50.7 Å². The minimum atomic E-state index is -0.478. The van der Waals surface area contributed by atoms with Gasteiger partial charge in [0.25, 0.3) is 5.91 Å². The number of nitrogens with zero attached hydrogens (tertiary/aromatic N) is 2. The molecular formula is C17H12BrCl2N3O3. The molecule has 1 amide bonds. The van der Waals surface area contributed by atoms with Gasteiger partial charge >= 0.3 is 0 Å². The molecule has 0 aliphatic heterocycles. The van der Waals surface area contributed by atoms with E-state index >= 15 is 0 Å². The number of benzene rings is 2. The largest absolute Gasteiger partial charge is 0.506 e. The lowest BCUT2D eigenvalue weighted by Gasteiger charge is -2.08. The van der Waals surface area contributed by atoms with Crippen LogP contribution in [0.2, 0.25) is 10.0 Å². The standard InChI is InChI=1S/C17H12BrCl2N3O3/c18-12-7-10(19)2-4-16(12)26-9-23-6-5-13(22-23)17(25)21-14-8-11(20)1-3-15(14)24/h1-8,24H,9H2,(H,21,25). The Labute approximate surface area is 167 Å². The van der Waals surface area contributed by atoms with Gasteiger partial charge in [-0.25, -0.2) is 4.68 Å². The lowest BCUT2D eigenvalue weighted by atomic mass is 10.3. The number of hydrogen-bond acceptors (Lipinski definition) is 4. The monoisotopic (exact) mass is 455 g/mol. The zero-order chi connectivity index (χ0) is 18.7. The molecule has 3 rings (SSSR count). The highest BCUT2D eigenvalue weighted by molar-refractivity contribution is 9.10. The van der Waals surface area contributed by atoms with E-state index in [1.165, 1.54) is 28.9 Å². The molecule has 0 saturated carbocycles. The van der Waals surface area contributed by atoms with Crippen molar-refractivity contribution in [1.82, 2.24) is 9.78 Å². The van der Waals surface area contributed by atoms with Crippen LogP contribution in [0.5, 0.6) is 11.5 Å². The Morgan fingerprint density at radius 2 is 1.92 bits per heavy atom. The molecule has 0 aliphatic rings. The van der Waals surface area contributed by atoms with Crippen LogP contribution in [-0.4, -0.2) is 20.8 Å². The molecule has 0 bridgehead atoms. The van der Waals surface area contributed by atoms with Crippen LogP contribution in [0.15, 0.2) is 53.1 Å². The Bertz CT molecular complexity index is 962. The maximum atomic E-state index is 12.3. The van der Waals surface area contributed by atoms with Gasteiger partial charge in [0.1, 0.15) is 11.5 Å². The van der Waals surface area contributed by atoms with E-state index in [-0.39, 0.29) is 23.9 Å².